The van der Waals surface area contributed by atoms with Gasteiger partial charge in [0.15, 0.2) is 4.80 Å². The number of carbonyl (C=O) groups is 2. The van der Waals surface area contributed by atoms with Gasteiger partial charge in [-0.3, -0.25) is 14.2 Å². The van der Waals surface area contributed by atoms with Crippen molar-refractivity contribution in [2.75, 3.05) is 6.61 Å². The van der Waals surface area contributed by atoms with Crippen molar-refractivity contribution < 1.29 is 19.1 Å². The van der Waals surface area contributed by atoms with E-state index in [4.69, 9.17) is 9.47 Å². The molecule has 0 saturated heterocycles. The van der Waals surface area contributed by atoms with Crippen molar-refractivity contribution in [3.63, 3.8) is 0 Å². The van der Waals surface area contributed by atoms with Gasteiger partial charge in [0, 0.05) is 6.92 Å². The summed E-state index contributed by atoms with van der Waals surface area (Å²) in [7, 11) is 0. The van der Waals surface area contributed by atoms with Gasteiger partial charge in [-0.25, -0.2) is 9.79 Å². The number of rotatable bonds is 6. The monoisotopic (exact) mass is 504 g/mol. The van der Waals surface area contributed by atoms with Crippen molar-refractivity contribution in [1.29, 1.82) is 0 Å². The summed E-state index contributed by atoms with van der Waals surface area (Å²) in [5.41, 5.74) is 3.29. The number of ether oxygens (including phenoxy) is 2. The second-order valence-electron chi connectivity index (χ2n) is 8.79. The van der Waals surface area contributed by atoms with Gasteiger partial charge in [0.2, 0.25) is 0 Å². The van der Waals surface area contributed by atoms with Crippen molar-refractivity contribution in [3.8, 4) is 5.75 Å². The molecule has 3 aromatic rings. The normalized spacial score (nSPS) is 15.5. The number of hydrogen-bond donors (Lipinski definition) is 0. The van der Waals surface area contributed by atoms with Crippen molar-refractivity contribution in [1.82, 2.24) is 4.57 Å². The minimum Gasteiger partial charge on any atom is -0.463 e. The maximum atomic E-state index is 13.7. The van der Waals surface area contributed by atoms with Crippen LogP contribution in [0.15, 0.2) is 69.6 Å². The Hall–Kier alpha value is -3.78. The molecule has 0 radical (unpaired) electrons. The number of fused-ring (bicyclic) bond motifs is 1. The Morgan fingerprint density at radius 3 is 2.53 bits per heavy atom. The van der Waals surface area contributed by atoms with Crippen LogP contribution in [0.2, 0.25) is 0 Å². The first-order chi connectivity index (χ1) is 17.2. The van der Waals surface area contributed by atoms with Crippen molar-refractivity contribution >= 4 is 29.4 Å². The fraction of sp³-hybridized carbons (Fsp3) is 0.286. The second-order valence-corrected chi connectivity index (χ2v) is 9.80. The maximum Gasteiger partial charge on any atom is 0.338 e. The molecule has 0 amide bonds. The average molecular weight is 505 g/mol. The fourth-order valence-electron chi connectivity index (χ4n) is 4.16. The number of aromatic nitrogens is 1. The third kappa shape index (κ3) is 5.09. The SMILES string of the molecule is CCOC(=O)C1=C(C)N=c2s/c(=C/c3cccc(OC(C)=O)c3)c(=O)n2[C@H]1c1ccc(C(C)C)cc1. The smallest absolute Gasteiger partial charge is 0.338 e. The highest BCUT2D eigenvalue weighted by Gasteiger charge is 2.33. The molecule has 1 aliphatic rings. The van der Waals surface area contributed by atoms with E-state index in [9.17, 15) is 14.4 Å². The molecular weight excluding hydrogens is 476 g/mol. The quantitative estimate of drug-likeness (QED) is 0.376. The summed E-state index contributed by atoms with van der Waals surface area (Å²) >= 11 is 1.25. The van der Waals surface area contributed by atoms with Crippen LogP contribution in [-0.2, 0) is 14.3 Å². The summed E-state index contributed by atoms with van der Waals surface area (Å²) in [5, 5.41) is 0. The molecule has 7 nitrogen and oxygen atoms in total. The number of carbonyl (C=O) groups excluding carboxylic acids is 2. The van der Waals surface area contributed by atoms with E-state index in [0.29, 0.717) is 37.8 Å². The average Bonchev–Trinajstić information content (AvgIpc) is 3.12. The van der Waals surface area contributed by atoms with Crippen LogP contribution in [-0.4, -0.2) is 23.1 Å². The lowest BCUT2D eigenvalue weighted by Gasteiger charge is -2.25. The number of nitrogens with zero attached hydrogens (tertiary/aromatic N) is 2. The van der Waals surface area contributed by atoms with E-state index in [1.165, 1.54) is 18.3 Å². The molecule has 4 rings (SSSR count). The Kier molecular flexibility index (Phi) is 7.35. The van der Waals surface area contributed by atoms with Gasteiger partial charge in [-0.05, 0) is 54.7 Å². The molecule has 2 aromatic carbocycles. The number of allylic oxidation sites excluding steroid dienone is 1. The fourth-order valence-corrected chi connectivity index (χ4v) is 5.20. The molecule has 1 aromatic heterocycles. The second kappa shape index (κ2) is 10.5. The summed E-state index contributed by atoms with van der Waals surface area (Å²) in [6.07, 6.45) is 1.74. The van der Waals surface area contributed by atoms with Crippen LogP contribution in [0, 0.1) is 0 Å². The Morgan fingerprint density at radius 2 is 1.89 bits per heavy atom. The molecule has 2 heterocycles. The van der Waals surface area contributed by atoms with Crippen molar-refractivity contribution in [2.45, 2.75) is 46.6 Å². The topological polar surface area (TPSA) is 87.0 Å². The van der Waals surface area contributed by atoms with Gasteiger partial charge < -0.3 is 9.47 Å². The molecule has 0 saturated carbocycles. The molecule has 0 bridgehead atoms. The third-order valence-electron chi connectivity index (χ3n) is 5.85. The van der Waals surface area contributed by atoms with Crippen molar-refractivity contribution in [3.05, 3.63) is 96.2 Å². The van der Waals surface area contributed by atoms with E-state index in [1.54, 1.807) is 42.7 Å². The molecule has 1 atom stereocenters. The van der Waals surface area contributed by atoms with E-state index in [-0.39, 0.29) is 12.2 Å². The minimum atomic E-state index is -0.656. The molecule has 1 aliphatic heterocycles. The number of benzene rings is 2. The zero-order chi connectivity index (χ0) is 26.0. The predicted molar refractivity (Wildman–Crippen MR) is 139 cm³/mol. The van der Waals surface area contributed by atoms with Crippen LogP contribution in [0.25, 0.3) is 6.08 Å². The summed E-state index contributed by atoms with van der Waals surface area (Å²) in [6, 6.07) is 14.2. The highest BCUT2D eigenvalue weighted by atomic mass is 32.1. The summed E-state index contributed by atoms with van der Waals surface area (Å²) in [5.74, 6) is -0.157. The van der Waals surface area contributed by atoms with Crippen LogP contribution in [0.1, 0.15) is 63.3 Å². The highest BCUT2D eigenvalue weighted by molar-refractivity contribution is 7.07. The molecule has 0 N–H and O–H groups in total. The van der Waals surface area contributed by atoms with E-state index < -0.39 is 18.0 Å². The summed E-state index contributed by atoms with van der Waals surface area (Å²) in [4.78, 5) is 43.1. The Morgan fingerprint density at radius 1 is 1.17 bits per heavy atom. The standard InChI is InChI=1S/C28H28N2O5S/c1-6-34-27(33)24-17(4)29-28-30(25(24)21-12-10-20(11-13-21)16(2)3)26(32)23(36-28)15-19-8-7-9-22(14-19)35-18(5)31/h7-16,25H,6H2,1-5H3/b23-15+/t25-/m0/s1. The van der Waals surface area contributed by atoms with Gasteiger partial charge in [0.1, 0.15) is 5.75 Å². The first-order valence-electron chi connectivity index (χ1n) is 11.8. The molecule has 8 heteroatoms. The van der Waals surface area contributed by atoms with E-state index in [0.717, 1.165) is 11.1 Å². The van der Waals surface area contributed by atoms with Crippen LogP contribution >= 0.6 is 11.3 Å². The predicted octanol–water partition coefficient (Wildman–Crippen LogP) is 3.85. The Labute approximate surface area is 213 Å². The van der Waals surface area contributed by atoms with Crippen LogP contribution < -0.4 is 19.6 Å². The van der Waals surface area contributed by atoms with E-state index in [1.807, 2.05) is 30.3 Å². The van der Waals surface area contributed by atoms with E-state index in [2.05, 4.69) is 18.8 Å². The Balaban J connectivity index is 1.89. The van der Waals surface area contributed by atoms with Crippen LogP contribution in [0.5, 0.6) is 5.75 Å². The lowest BCUT2D eigenvalue weighted by atomic mass is 9.93. The molecular formula is C28H28N2O5S. The molecule has 0 unspecified atom stereocenters. The minimum absolute atomic E-state index is 0.220. The molecule has 0 spiro atoms. The van der Waals surface area contributed by atoms with Gasteiger partial charge >= 0.3 is 11.9 Å². The number of thiazole rings is 1. The van der Waals surface area contributed by atoms with E-state index >= 15 is 0 Å². The number of hydrogen-bond acceptors (Lipinski definition) is 7. The molecule has 0 aliphatic carbocycles. The van der Waals surface area contributed by atoms with Gasteiger partial charge in [0.05, 0.1) is 28.5 Å². The number of esters is 2. The lowest BCUT2D eigenvalue weighted by molar-refractivity contribution is -0.139. The summed E-state index contributed by atoms with van der Waals surface area (Å²) < 4.78 is 12.5. The first kappa shape index (κ1) is 25.3. The van der Waals surface area contributed by atoms with Gasteiger partial charge in [-0.1, -0.05) is 61.6 Å². The van der Waals surface area contributed by atoms with Crippen LogP contribution in [0.4, 0.5) is 0 Å². The Bertz CT molecular complexity index is 1530. The molecule has 36 heavy (non-hydrogen) atoms. The largest absolute Gasteiger partial charge is 0.463 e. The van der Waals surface area contributed by atoms with Gasteiger partial charge in [0.25, 0.3) is 5.56 Å². The van der Waals surface area contributed by atoms with Gasteiger partial charge in [-0.15, -0.1) is 0 Å². The summed E-state index contributed by atoms with van der Waals surface area (Å²) in [6.45, 7) is 9.30. The van der Waals surface area contributed by atoms with Crippen LogP contribution in [0.3, 0.4) is 0 Å². The molecule has 0 fully saturated rings. The zero-order valence-electron chi connectivity index (χ0n) is 20.9. The highest BCUT2D eigenvalue weighted by Crippen LogP contribution is 2.31. The maximum absolute atomic E-state index is 13.7. The molecule has 186 valence electrons. The van der Waals surface area contributed by atoms with Gasteiger partial charge in [-0.2, -0.15) is 0 Å². The van der Waals surface area contributed by atoms with Crippen molar-refractivity contribution in [2.24, 2.45) is 4.99 Å². The first-order valence-corrected chi connectivity index (χ1v) is 12.6. The lowest BCUT2D eigenvalue weighted by Crippen LogP contribution is -2.39. The zero-order valence-corrected chi connectivity index (χ0v) is 21.7. The third-order valence-corrected chi connectivity index (χ3v) is 6.84.